The summed E-state index contributed by atoms with van der Waals surface area (Å²) in [6.45, 7) is 1.98. The molecule has 118 valence electrons. The van der Waals surface area contributed by atoms with Crippen LogP contribution in [0.4, 0.5) is 11.4 Å². The molecule has 0 bridgehead atoms. The second-order valence-electron chi connectivity index (χ2n) is 5.78. The van der Waals surface area contributed by atoms with E-state index in [1.807, 2.05) is 63.5 Å². The van der Waals surface area contributed by atoms with Crippen molar-refractivity contribution in [3.05, 3.63) is 64.7 Å². The minimum Gasteiger partial charge on any atom is -0.378 e. The molecule has 0 spiro atoms. The smallest absolute Gasteiger partial charge is 0.258 e. The molecular weight excluding hydrogens is 288 g/mol. The Balaban J connectivity index is 1.85. The Hall–Kier alpha value is -2.82. The molecule has 3 aromatic rings. The van der Waals surface area contributed by atoms with Gasteiger partial charge in [-0.05, 0) is 43.3 Å². The summed E-state index contributed by atoms with van der Waals surface area (Å²) < 4.78 is 0. The molecule has 0 fully saturated rings. The summed E-state index contributed by atoms with van der Waals surface area (Å²) in [6.07, 6.45) is 0. The second kappa shape index (κ2) is 6.12. The van der Waals surface area contributed by atoms with E-state index in [4.69, 9.17) is 0 Å². The third-order valence-corrected chi connectivity index (χ3v) is 3.81. The minimum atomic E-state index is -0.109. The first-order chi connectivity index (χ1) is 11.0. The summed E-state index contributed by atoms with van der Waals surface area (Å²) in [6, 6.07) is 15.4. The summed E-state index contributed by atoms with van der Waals surface area (Å²) in [5, 5.41) is 3.98. The summed E-state index contributed by atoms with van der Waals surface area (Å²) in [5.41, 5.74) is 2.73. The zero-order valence-electron chi connectivity index (χ0n) is 13.5. The summed E-state index contributed by atoms with van der Waals surface area (Å²) in [4.78, 5) is 21.6. The van der Waals surface area contributed by atoms with E-state index in [-0.39, 0.29) is 11.6 Å². The van der Waals surface area contributed by atoms with Crippen LogP contribution < -0.4 is 15.8 Å². The van der Waals surface area contributed by atoms with Crippen LogP contribution >= 0.6 is 0 Å². The SMILES string of the molecule is CC(Nc1ccc(N(C)C)cc1)c1nc2ccccc2c(=O)[nH]1. The van der Waals surface area contributed by atoms with Crippen molar-refractivity contribution < 1.29 is 0 Å². The van der Waals surface area contributed by atoms with Crippen molar-refractivity contribution in [2.45, 2.75) is 13.0 Å². The highest BCUT2D eigenvalue weighted by atomic mass is 16.1. The molecule has 1 atom stereocenters. The Kier molecular flexibility index (Phi) is 4.02. The number of H-pyrrole nitrogens is 1. The third kappa shape index (κ3) is 3.18. The van der Waals surface area contributed by atoms with Gasteiger partial charge in [0.2, 0.25) is 0 Å². The molecule has 0 saturated carbocycles. The molecule has 1 unspecified atom stereocenters. The summed E-state index contributed by atoms with van der Waals surface area (Å²) in [7, 11) is 4.02. The van der Waals surface area contributed by atoms with Crippen molar-refractivity contribution in [1.29, 1.82) is 0 Å². The fourth-order valence-electron chi connectivity index (χ4n) is 2.48. The number of anilines is 2. The third-order valence-electron chi connectivity index (χ3n) is 3.81. The topological polar surface area (TPSA) is 61.0 Å². The van der Waals surface area contributed by atoms with Crippen LogP contribution in [-0.4, -0.2) is 24.1 Å². The van der Waals surface area contributed by atoms with Gasteiger partial charge in [-0.1, -0.05) is 12.1 Å². The van der Waals surface area contributed by atoms with Gasteiger partial charge >= 0.3 is 0 Å². The number of aromatic nitrogens is 2. The highest BCUT2D eigenvalue weighted by Crippen LogP contribution is 2.20. The van der Waals surface area contributed by atoms with E-state index in [1.54, 1.807) is 6.07 Å². The van der Waals surface area contributed by atoms with E-state index in [1.165, 1.54) is 0 Å². The number of fused-ring (bicyclic) bond motifs is 1. The Labute approximate surface area is 135 Å². The first kappa shape index (κ1) is 15.1. The van der Waals surface area contributed by atoms with E-state index < -0.39 is 0 Å². The van der Waals surface area contributed by atoms with Gasteiger partial charge in [-0.3, -0.25) is 4.79 Å². The van der Waals surface area contributed by atoms with Gasteiger partial charge in [-0.2, -0.15) is 0 Å². The number of aromatic amines is 1. The first-order valence-corrected chi connectivity index (χ1v) is 7.57. The van der Waals surface area contributed by atoms with Crippen molar-refractivity contribution in [2.75, 3.05) is 24.3 Å². The van der Waals surface area contributed by atoms with Gasteiger partial charge in [-0.15, -0.1) is 0 Å². The van der Waals surface area contributed by atoms with Crippen LogP contribution in [0.3, 0.4) is 0 Å². The monoisotopic (exact) mass is 308 g/mol. The molecule has 1 aromatic heterocycles. The lowest BCUT2D eigenvalue weighted by Gasteiger charge is -2.17. The predicted molar refractivity (Wildman–Crippen MR) is 95.2 cm³/mol. The molecule has 0 aliphatic rings. The van der Waals surface area contributed by atoms with Crippen LogP contribution in [-0.2, 0) is 0 Å². The van der Waals surface area contributed by atoms with E-state index in [0.717, 1.165) is 11.4 Å². The van der Waals surface area contributed by atoms with Crippen molar-refractivity contribution in [2.24, 2.45) is 0 Å². The summed E-state index contributed by atoms with van der Waals surface area (Å²) >= 11 is 0. The minimum absolute atomic E-state index is 0.0995. The van der Waals surface area contributed by atoms with Crippen LogP contribution in [0.15, 0.2) is 53.3 Å². The largest absolute Gasteiger partial charge is 0.378 e. The molecule has 1 heterocycles. The zero-order chi connectivity index (χ0) is 16.4. The molecule has 5 nitrogen and oxygen atoms in total. The number of nitrogens with zero attached hydrogens (tertiary/aromatic N) is 2. The standard InChI is InChI=1S/C18H20N4O/c1-12(19-13-8-10-14(11-9-13)22(2)3)17-20-16-7-5-4-6-15(16)18(23)21-17/h4-12,19H,1-3H3,(H,20,21,23). The quantitative estimate of drug-likeness (QED) is 0.777. The van der Waals surface area contributed by atoms with Crippen LogP contribution in [0.25, 0.3) is 10.9 Å². The number of hydrogen-bond donors (Lipinski definition) is 2. The lowest BCUT2D eigenvalue weighted by atomic mass is 10.2. The van der Waals surface area contributed by atoms with Gasteiger partial charge in [-0.25, -0.2) is 4.98 Å². The molecule has 5 heteroatoms. The fraction of sp³-hybridized carbons (Fsp3) is 0.222. The van der Waals surface area contributed by atoms with Crippen molar-refractivity contribution in [3.63, 3.8) is 0 Å². The number of para-hydroxylation sites is 1. The van der Waals surface area contributed by atoms with Gasteiger partial charge in [0, 0.05) is 25.5 Å². The molecule has 0 aliphatic heterocycles. The van der Waals surface area contributed by atoms with Gasteiger partial charge in [0.05, 0.1) is 16.9 Å². The fourth-order valence-corrected chi connectivity index (χ4v) is 2.48. The van der Waals surface area contributed by atoms with Gasteiger partial charge in [0.25, 0.3) is 5.56 Å². The van der Waals surface area contributed by atoms with Crippen LogP contribution in [0.1, 0.15) is 18.8 Å². The number of rotatable bonds is 4. The lowest BCUT2D eigenvalue weighted by Crippen LogP contribution is -2.17. The number of nitrogens with one attached hydrogen (secondary N) is 2. The van der Waals surface area contributed by atoms with Gasteiger partial charge < -0.3 is 15.2 Å². The van der Waals surface area contributed by atoms with Gasteiger partial charge in [0.15, 0.2) is 0 Å². The highest BCUT2D eigenvalue weighted by Gasteiger charge is 2.10. The maximum atomic E-state index is 12.1. The molecular formula is C18H20N4O. The van der Waals surface area contributed by atoms with Crippen LogP contribution in [0.5, 0.6) is 0 Å². The maximum absolute atomic E-state index is 12.1. The number of benzene rings is 2. The van der Waals surface area contributed by atoms with Crippen molar-refractivity contribution in [1.82, 2.24) is 9.97 Å². The molecule has 0 saturated heterocycles. The van der Waals surface area contributed by atoms with E-state index >= 15 is 0 Å². The molecule has 0 aliphatic carbocycles. The lowest BCUT2D eigenvalue weighted by molar-refractivity contribution is 0.791. The second-order valence-corrected chi connectivity index (χ2v) is 5.78. The highest BCUT2D eigenvalue weighted by molar-refractivity contribution is 5.77. The van der Waals surface area contributed by atoms with E-state index in [2.05, 4.69) is 20.2 Å². The van der Waals surface area contributed by atoms with E-state index in [0.29, 0.717) is 16.7 Å². The molecule has 23 heavy (non-hydrogen) atoms. The number of hydrogen-bond acceptors (Lipinski definition) is 4. The van der Waals surface area contributed by atoms with Crippen LogP contribution in [0, 0.1) is 0 Å². The normalized spacial score (nSPS) is 12.1. The average Bonchev–Trinajstić information content (AvgIpc) is 2.55. The molecule has 2 aromatic carbocycles. The molecule has 2 N–H and O–H groups in total. The van der Waals surface area contributed by atoms with Crippen LogP contribution in [0.2, 0.25) is 0 Å². The Morgan fingerprint density at radius 3 is 2.48 bits per heavy atom. The van der Waals surface area contributed by atoms with E-state index in [9.17, 15) is 4.79 Å². The Bertz CT molecular complexity index is 868. The average molecular weight is 308 g/mol. The Morgan fingerprint density at radius 1 is 1.09 bits per heavy atom. The van der Waals surface area contributed by atoms with Crippen molar-refractivity contribution in [3.8, 4) is 0 Å². The summed E-state index contributed by atoms with van der Waals surface area (Å²) in [5.74, 6) is 0.630. The first-order valence-electron chi connectivity index (χ1n) is 7.57. The molecule has 3 rings (SSSR count). The zero-order valence-corrected chi connectivity index (χ0v) is 13.5. The van der Waals surface area contributed by atoms with Gasteiger partial charge in [0.1, 0.15) is 5.82 Å². The predicted octanol–water partition coefficient (Wildman–Crippen LogP) is 3.16. The molecule has 0 radical (unpaired) electrons. The molecule has 0 amide bonds. The maximum Gasteiger partial charge on any atom is 0.258 e. The Morgan fingerprint density at radius 2 is 1.78 bits per heavy atom. The van der Waals surface area contributed by atoms with Crippen molar-refractivity contribution >= 4 is 22.3 Å².